The molecule has 0 saturated heterocycles. The highest BCUT2D eigenvalue weighted by Gasteiger charge is 2.37. The molecule has 1 N–H and O–H groups in total. The molecule has 0 fully saturated rings. The molecule has 2 aromatic heterocycles. The number of esters is 1. The molecule has 2 aromatic rings. The Hall–Kier alpha value is -2.22. The van der Waals surface area contributed by atoms with E-state index < -0.39 is 6.04 Å². The molecule has 1 aliphatic rings. The Labute approximate surface area is 144 Å². The quantitative estimate of drug-likeness (QED) is 0.656. The molecule has 3 rings (SSSR count). The van der Waals surface area contributed by atoms with Gasteiger partial charge >= 0.3 is 5.97 Å². The first-order chi connectivity index (χ1) is 11.5. The molecular weight excluding hydrogens is 328 g/mol. The highest BCUT2D eigenvalue weighted by Crippen LogP contribution is 2.36. The Balaban J connectivity index is 2.07. The second-order valence-electron chi connectivity index (χ2n) is 5.63. The molecule has 24 heavy (non-hydrogen) atoms. The number of carbonyl (C=O) groups excluding carboxylic acids is 1. The van der Waals surface area contributed by atoms with Gasteiger partial charge < -0.3 is 14.5 Å². The van der Waals surface area contributed by atoms with Crippen molar-refractivity contribution in [2.24, 2.45) is 0 Å². The monoisotopic (exact) mass is 348 g/mol. The Kier molecular flexibility index (Phi) is 4.66. The molecule has 7 nitrogen and oxygen atoms in total. The van der Waals surface area contributed by atoms with Gasteiger partial charge in [0.2, 0.25) is 11.1 Å². The summed E-state index contributed by atoms with van der Waals surface area (Å²) in [6.07, 6.45) is 1.37. The van der Waals surface area contributed by atoms with Crippen LogP contribution in [0.15, 0.2) is 39.2 Å². The van der Waals surface area contributed by atoms with Gasteiger partial charge in [0, 0.05) is 5.70 Å². The number of furan rings is 1. The third-order valence-electron chi connectivity index (χ3n) is 3.48. The van der Waals surface area contributed by atoms with Crippen LogP contribution in [0.1, 0.15) is 39.5 Å². The number of hydrogen-bond acceptors (Lipinski definition) is 7. The van der Waals surface area contributed by atoms with E-state index in [1.165, 1.54) is 0 Å². The number of nitrogens with one attached hydrogen (secondary N) is 1. The van der Waals surface area contributed by atoms with Crippen molar-refractivity contribution in [3.05, 3.63) is 35.4 Å². The number of allylic oxidation sites excluding steroid dienone is 1. The van der Waals surface area contributed by atoms with Crippen LogP contribution in [0, 0.1) is 0 Å². The molecule has 0 saturated carbocycles. The fourth-order valence-corrected chi connectivity index (χ4v) is 3.13. The first-order valence-electron chi connectivity index (χ1n) is 7.82. The minimum atomic E-state index is -0.499. The van der Waals surface area contributed by atoms with Crippen molar-refractivity contribution in [2.75, 3.05) is 11.1 Å². The zero-order chi connectivity index (χ0) is 17.3. The summed E-state index contributed by atoms with van der Waals surface area (Å²) in [5, 5.41) is 8.33. The largest absolute Gasteiger partial charge is 0.467 e. The number of fused-ring (bicyclic) bond motifs is 1. The van der Waals surface area contributed by atoms with Crippen LogP contribution in [0.2, 0.25) is 0 Å². The third kappa shape index (κ3) is 3.06. The van der Waals surface area contributed by atoms with Crippen LogP contribution in [-0.4, -0.2) is 32.6 Å². The van der Waals surface area contributed by atoms with E-state index in [4.69, 9.17) is 9.15 Å². The van der Waals surface area contributed by atoms with Gasteiger partial charge in [-0.1, -0.05) is 18.7 Å². The van der Waals surface area contributed by atoms with E-state index in [2.05, 4.69) is 15.4 Å². The topological polar surface area (TPSA) is 82.2 Å². The van der Waals surface area contributed by atoms with Gasteiger partial charge in [-0.05, 0) is 38.7 Å². The highest BCUT2D eigenvalue weighted by atomic mass is 32.2. The van der Waals surface area contributed by atoms with E-state index in [9.17, 15) is 4.79 Å². The van der Waals surface area contributed by atoms with Crippen molar-refractivity contribution in [3.63, 3.8) is 0 Å². The van der Waals surface area contributed by atoms with Gasteiger partial charge in [-0.15, -0.1) is 5.10 Å². The van der Waals surface area contributed by atoms with Crippen LogP contribution >= 0.6 is 11.8 Å². The molecule has 0 bridgehead atoms. The lowest BCUT2D eigenvalue weighted by atomic mass is 10.0. The second-order valence-corrected chi connectivity index (χ2v) is 6.86. The average Bonchev–Trinajstić information content (AvgIpc) is 3.14. The summed E-state index contributed by atoms with van der Waals surface area (Å²) in [5.41, 5.74) is 1.17. The molecule has 128 valence electrons. The van der Waals surface area contributed by atoms with Crippen molar-refractivity contribution in [2.45, 2.75) is 45.0 Å². The molecule has 0 aromatic carbocycles. The number of anilines is 1. The van der Waals surface area contributed by atoms with E-state index in [1.54, 1.807) is 28.8 Å². The SMILES string of the molecule is CCSc1nc2n(n1)C(c1ccco1)C(C(=O)OC(C)C)=C(C)N2. The summed E-state index contributed by atoms with van der Waals surface area (Å²) >= 11 is 1.54. The lowest BCUT2D eigenvalue weighted by molar-refractivity contribution is -0.143. The molecule has 3 heterocycles. The van der Waals surface area contributed by atoms with Gasteiger partial charge in [0.1, 0.15) is 11.8 Å². The van der Waals surface area contributed by atoms with Crippen molar-refractivity contribution >= 4 is 23.7 Å². The molecule has 0 radical (unpaired) electrons. The molecule has 0 aliphatic carbocycles. The number of carbonyl (C=O) groups is 1. The highest BCUT2D eigenvalue weighted by molar-refractivity contribution is 7.99. The van der Waals surface area contributed by atoms with E-state index in [0.717, 1.165) is 5.75 Å². The minimum Gasteiger partial charge on any atom is -0.467 e. The third-order valence-corrected chi connectivity index (χ3v) is 4.20. The predicted molar refractivity (Wildman–Crippen MR) is 90.8 cm³/mol. The standard InChI is InChI=1S/C16H20N4O3S/c1-5-24-16-18-15-17-10(4)12(14(21)23-9(2)3)13(20(15)19-16)11-7-6-8-22-11/h6-9,13H,5H2,1-4H3,(H,17,18,19). The zero-order valence-electron chi connectivity index (χ0n) is 14.1. The second kappa shape index (κ2) is 6.72. The normalized spacial score (nSPS) is 17.0. The number of thioether (sulfide) groups is 1. The lowest BCUT2D eigenvalue weighted by Gasteiger charge is -2.26. The summed E-state index contributed by atoms with van der Waals surface area (Å²) in [7, 11) is 0. The van der Waals surface area contributed by atoms with Crippen molar-refractivity contribution in [1.82, 2.24) is 14.8 Å². The van der Waals surface area contributed by atoms with Gasteiger partial charge in [0.05, 0.1) is 17.9 Å². The summed E-state index contributed by atoms with van der Waals surface area (Å²) in [4.78, 5) is 17.1. The minimum absolute atomic E-state index is 0.210. The van der Waals surface area contributed by atoms with E-state index >= 15 is 0 Å². The summed E-state index contributed by atoms with van der Waals surface area (Å²) in [6.45, 7) is 7.51. The van der Waals surface area contributed by atoms with Gasteiger partial charge in [0.15, 0.2) is 0 Å². The number of aromatic nitrogens is 3. The lowest BCUT2D eigenvalue weighted by Crippen LogP contribution is -2.30. The van der Waals surface area contributed by atoms with Crippen LogP contribution < -0.4 is 5.32 Å². The van der Waals surface area contributed by atoms with Gasteiger partial charge in [-0.2, -0.15) is 4.98 Å². The Morgan fingerprint density at radius 3 is 2.96 bits per heavy atom. The Bertz CT molecular complexity index is 764. The molecule has 1 unspecified atom stereocenters. The maximum Gasteiger partial charge on any atom is 0.338 e. The molecule has 1 atom stereocenters. The summed E-state index contributed by atoms with van der Waals surface area (Å²) < 4.78 is 12.7. The molecular formula is C16H20N4O3S. The Morgan fingerprint density at radius 1 is 1.54 bits per heavy atom. The summed E-state index contributed by atoms with van der Waals surface area (Å²) in [5.74, 6) is 1.68. The number of hydrogen-bond donors (Lipinski definition) is 1. The van der Waals surface area contributed by atoms with E-state index in [1.807, 2.05) is 33.8 Å². The zero-order valence-corrected chi connectivity index (χ0v) is 14.9. The van der Waals surface area contributed by atoms with Crippen molar-refractivity contribution in [1.29, 1.82) is 0 Å². The fraction of sp³-hybridized carbons (Fsp3) is 0.438. The van der Waals surface area contributed by atoms with Crippen LogP contribution in [0.5, 0.6) is 0 Å². The van der Waals surface area contributed by atoms with E-state index in [0.29, 0.717) is 28.1 Å². The number of ether oxygens (including phenoxy) is 1. The van der Waals surface area contributed by atoms with Crippen LogP contribution in [-0.2, 0) is 9.53 Å². The molecule has 0 amide bonds. The number of rotatable bonds is 5. The maximum atomic E-state index is 12.6. The predicted octanol–water partition coefficient (Wildman–Crippen LogP) is 3.22. The smallest absolute Gasteiger partial charge is 0.338 e. The van der Waals surface area contributed by atoms with Crippen LogP contribution in [0.4, 0.5) is 5.95 Å². The average molecular weight is 348 g/mol. The fourth-order valence-electron chi connectivity index (χ4n) is 2.57. The Morgan fingerprint density at radius 2 is 2.33 bits per heavy atom. The molecule has 0 spiro atoms. The number of nitrogens with zero attached hydrogens (tertiary/aromatic N) is 3. The van der Waals surface area contributed by atoms with Gasteiger partial charge in [-0.25, -0.2) is 9.48 Å². The molecule has 8 heteroatoms. The molecule has 1 aliphatic heterocycles. The van der Waals surface area contributed by atoms with E-state index in [-0.39, 0.29) is 12.1 Å². The van der Waals surface area contributed by atoms with Crippen LogP contribution in [0.3, 0.4) is 0 Å². The van der Waals surface area contributed by atoms with Gasteiger partial charge in [0.25, 0.3) is 0 Å². The van der Waals surface area contributed by atoms with Crippen LogP contribution in [0.25, 0.3) is 0 Å². The van der Waals surface area contributed by atoms with Crippen molar-refractivity contribution < 1.29 is 13.9 Å². The maximum absolute atomic E-state index is 12.6. The first-order valence-corrected chi connectivity index (χ1v) is 8.81. The summed E-state index contributed by atoms with van der Waals surface area (Å²) in [6, 6.07) is 3.11. The van der Waals surface area contributed by atoms with Crippen molar-refractivity contribution in [3.8, 4) is 0 Å². The van der Waals surface area contributed by atoms with Gasteiger partial charge in [-0.3, -0.25) is 0 Å². The first kappa shape index (κ1) is 16.6.